The Morgan fingerprint density at radius 1 is 1.32 bits per heavy atom. The van der Waals surface area contributed by atoms with E-state index in [2.05, 4.69) is 15.2 Å². The molecule has 0 saturated carbocycles. The topological polar surface area (TPSA) is 79.5 Å². The molecule has 1 atom stereocenters. The first kappa shape index (κ1) is 23.0. The smallest absolute Gasteiger partial charge is 0.289 e. The molecule has 3 rings (SSSR count). The molecule has 3 heterocycles. The van der Waals surface area contributed by atoms with Crippen LogP contribution >= 0.6 is 24.0 Å². The van der Waals surface area contributed by atoms with Crippen LogP contribution in [0.15, 0.2) is 27.8 Å². The van der Waals surface area contributed by atoms with E-state index in [-0.39, 0.29) is 29.9 Å². The highest BCUT2D eigenvalue weighted by Crippen LogP contribution is 2.12. The number of aliphatic imine (C=N–C) groups is 1. The maximum absolute atomic E-state index is 12.3. The third kappa shape index (κ3) is 6.63. The number of furan rings is 1. The summed E-state index contributed by atoms with van der Waals surface area (Å²) >= 11 is 0. The van der Waals surface area contributed by atoms with Crippen molar-refractivity contribution in [2.45, 2.75) is 12.8 Å². The number of nitrogens with zero attached hydrogens (tertiary/aromatic N) is 3. The molecule has 9 heteroatoms. The zero-order chi connectivity index (χ0) is 18.9. The molecule has 1 unspecified atom stereocenters. The van der Waals surface area contributed by atoms with E-state index in [4.69, 9.17) is 13.9 Å². The first-order valence-electron chi connectivity index (χ1n) is 9.72. The number of nitrogens with one attached hydrogen (secondary N) is 1. The van der Waals surface area contributed by atoms with E-state index in [1.807, 2.05) is 4.90 Å². The molecule has 1 N–H and O–H groups in total. The Kier molecular flexibility index (Phi) is 10.1. The molecule has 1 aromatic rings. The first-order valence-corrected chi connectivity index (χ1v) is 9.72. The van der Waals surface area contributed by atoms with Crippen LogP contribution in [-0.4, -0.2) is 87.9 Å². The molecule has 1 aromatic heterocycles. The van der Waals surface area contributed by atoms with Crippen LogP contribution in [0.2, 0.25) is 0 Å². The Balaban J connectivity index is 0.00000280. The van der Waals surface area contributed by atoms with Gasteiger partial charge in [-0.3, -0.25) is 9.79 Å². The van der Waals surface area contributed by atoms with Gasteiger partial charge in [0.05, 0.1) is 19.5 Å². The van der Waals surface area contributed by atoms with Gasteiger partial charge in [-0.1, -0.05) is 0 Å². The molecular formula is C19H31IN4O4. The molecule has 2 saturated heterocycles. The van der Waals surface area contributed by atoms with Crippen molar-refractivity contribution >= 4 is 35.8 Å². The summed E-state index contributed by atoms with van der Waals surface area (Å²) in [6.45, 7) is 6.88. The second-order valence-electron chi connectivity index (χ2n) is 6.89. The van der Waals surface area contributed by atoms with E-state index in [0.29, 0.717) is 24.8 Å². The summed E-state index contributed by atoms with van der Waals surface area (Å²) in [7, 11) is 1.79. The van der Waals surface area contributed by atoms with Crippen LogP contribution in [0.3, 0.4) is 0 Å². The second-order valence-corrected chi connectivity index (χ2v) is 6.89. The molecule has 0 radical (unpaired) electrons. The van der Waals surface area contributed by atoms with Gasteiger partial charge in [-0.15, -0.1) is 24.0 Å². The van der Waals surface area contributed by atoms with Gasteiger partial charge in [-0.05, 0) is 25.0 Å². The van der Waals surface area contributed by atoms with E-state index in [1.54, 1.807) is 19.2 Å². The number of ether oxygens (including phenoxy) is 2. The molecule has 8 nitrogen and oxygen atoms in total. The Hall–Kier alpha value is -1.33. The molecule has 0 bridgehead atoms. The summed E-state index contributed by atoms with van der Waals surface area (Å²) in [5.41, 5.74) is 0. The predicted molar refractivity (Wildman–Crippen MR) is 117 cm³/mol. The molecule has 2 aliphatic heterocycles. The van der Waals surface area contributed by atoms with Crippen molar-refractivity contribution in [2.75, 3.05) is 66.2 Å². The van der Waals surface area contributed by atoms with Gasteiger partial charge in [0.25, 0.3) is 5.91 Å². The number of carbonyl (C=O) groups is 1. The van der Waals surface area contributed by atoms with Gasteiger partial charge in [-0.25, -0.2) is 0 Å². The van der Waals surface area contributed by atoms with Gasteiger partial charge >= 0.3 is 0 Å². The minimum atomic E-state index is -0.0487. The number of rotatable bonds is 7. The maximum atomic E-state index is 12.3. The van der Waals surface area contributed by atoms with E-state index < -0.39 is 0 Å². The summed E-state index contributed by atoms with van der Waals surface area (Å²) in [6, 6.07) is 3.44. The lowest BCUT2D eigenvalue weighted by atomic mass is 10.1. The van der Waals surface area contributed by atoms with E-state index in [9.17, 15) is 4.79 Å². The van der Waals surface area contributed by atoms with Crippen LogP contribution in [0.1, 0.15) is 23.4 Å². The van der Waals surface area contributed by atoms with Crippen LogP contribution in [0.5, 0.6) is 0 Å². The van der Waals surface area contributed by atoms with Crippen LogP contribution in [-0.2, 0) is 9.47 Å². The van der Waals surface area contributed by atoms with Gasteiger partial charge in [0.1, 0.15) is 0 Å². The average molecular weight is 506 g/mol. The minimum absolute atomic E-state index is 0. The number of piperazine rings is 1. The second kappa shape index (κ2) is 12.3. The van der Waals surface area contributed by atoms with Crippen LogP contribution in [0.4, 0.5) is 0 Å². The zero-order valence-electron chi connectivity index (χ0n) is 16.5. The summed E-state index contributed by atoms with van der Waals surface area (Å²) in [5.74, 6) is 1.79. The number of guanidine groups is 1. The van der Waals surface area contributed by atoms with Gasteiger partial charge < -0.3 is 29.0 Å². The number of carbonyl (C=O) groups excluding carboxylic acids is 1. The minimum Gasteiger partial charge on any atom is -0.459 e. The molecule has 0 spiro atoms. The lowest BCUT2D eigenvalue weighted by Gasteiger charge is -2.36. The SMILES string of the molecule is CN=C(NCCCOCC1CCOC1)N1CCN(C(=O)c2ccco2)CC1.I. The Bertz CT molecular complexity index is 597. The molecule has 1 amide bonds. The normalized spacial score (nSPS) is 20.2. The van der Waals surface area contributed by atoms with Crippen LogP contribution in [0, 0.1) is 5.92 Å². The summed E-state index contributed by atoms with van der Waals surface area (Å²) < 4.78 is 16.3. The summed E-state index contributed by atoms with van der Waals surface area (Å²) in [6.07, 6.45) is 3.57. The lowest BCUT2D eigenvalue weighted by molar-refractivity contribution is 0.0657. The quantitative estimate of drug-likeness (QED) is 0.263. The monoisotopic (exact) mass is 506 g/mol. The highest BCUT2D eigenvalue weighted by atomic mass is 127. The molecule has 2 fully saturated rings. The fourth-order valence-electron chi connectivity index (χ4n) is 3.35. The van der Waals surface area contributed by atoms with Crippen LogP contribution < -0.4 is 5.32 Å². The van der Waals surface area contributed by atoms with E-state index >= 15 is 0 Å². The van der Waals surface area contributed by atoms with Crippen molar-refractivity contribution in [3.05, 3.63) is 24.2 Å². The average Bonchev–Trinajstić information content (AvgIpc) is 3.41. The van der Waals surface area contributed by atoms with Gasteiger partial charge in [0, 0.05) is 58.9 Å². The first-order chi connectivity index (χ1) is 13.3. The van der Waals surface area contributed by atoms with Gasteiger partial charge in [0.15, 0.2) is 11.7 Å². The third-order valence-electron chi connectivity index (χ3n) is 4.94. The Morgan fingerprint density at radius 2 is 2.11 bits per heavy atom. The number of hydrogen-bond acceptors (Lipinski definition) is 5. The van der Waals surface area contributed by atoms with Crippen molar-refractivity contribution in [1.82, 2.24) is 15.1 Å². The lowest BCUT2D eigenvalue weighted by Crippen LogP contribution is -2.53. The van der Waals surface area contributed by atoms with Crippen molar-refractivity contribution in [1.29, 1.82) is 0 Å². The predicted octanol–water partition coefficient (Wildman–Crippen LogP) is 1.67. The van der Waals surface area contributed by atoms with Crippen molar-refractivity contribution in [3.8, 4) is 0 Å². The van der Waals surface area contributed by atoms with Crippen molar-refractivity contribution in [3.63, 3.8) is 0 Å². The third-order valence-corrected chi connectivity index (χ3v) is 4.94. The number of hydrogen-bond donors (Lipinski definition) is 1. The Labute approximate surface area is 183 Å². The fraction of sp³-hybridized carbons (Fsp3) is 0.684. The van der Waals surface area contributed by atoms with Gasteiger partial charge in [0.2, 0.25) is 0 Å². The molecule has 2 aliphatic rings. The highest BCUT2D eigenvalue weighted by Gasteiger charge is 2.25. The van der Waals surface area contributed by atoms with E-state index in [1.165, 1.54) is 6.26 Å². The molecule has 158 valence electrons. The largest absolute Gasteiger partial charge is 0.459 e. The van der Waals surface area contributed by atoms with Crippen LogP contribution in [0.25, 0.3) is 0 Å². The maximum Gasteiger partial charge on any atom is 0.289 e. The summed E-state index contributed by atoms with van der Waals surface area (Å²) in [4.78, 5) is 20.7. The zero-order valence-corrected chi connectivity index (χ0v) is 18.8. The highest BCUT2D eigenvalue weighted by molar-refractivity contribution is 14.0. The molecule has 0 aromatic carbocycles. The molecular weight excluding hydrogens is 475 g/mol. The molecule has 0 aliphatic carbocycles. The van der Waals surface area contributed by atoms with E-state index in [0.717, 1.165) is 64.9 Å². The van der Waals surface area contributed by atoms with Crippen molar-refractivity contribution < 1.29 is 18.7 Å². The fourth-order valence-corrected chi connectivity index (χ4v) is 3.35. The standard InChI is InChI=1S/C19H30N4O4.HI/c1-20-19(21-6-3-11-25-14-16-5-13-26-15-16)23-9-7-22(8-10-23)18(24)17-4-2-12-27-17;/h2,4,12,16H,3,5-11,13-15H2,1H3,(H,20,21);1H. The number of amides is 1. The number of halogens is 1. The van der Waals surface area contributed by atoms with Gasteiger partial charge in [-0.2, -0.15) is 0 Å². The molecule has 28 heavy (non-hydrogen) atoms. The Morgan fingerprint density at radius 3 is 2.75 bits per heavy atom. The van der Waals surface area contributed by atoms with Crippen molar-refractivity contribution in [2.24, 2.45) is 10.9 Å². The summed E-state index contributed by atoms with van der Waals surface area (Å²) in [5, 5.41) is 3.39.